The number of halogens is 3. The number of likely N-dealkylation sites (tertiary alicyclic amines) is 1. The van der Waals surface area contributed by atoms with Crippen LogP contribution < -0.4 is 0 Å². The lowest BCUT2D eigenvalue weighted by Crippen LogP contribution is -2.35. The van der Waals surface area contributed by atoms with Gasteiger partial charge in [0.1, 0.15) is 5.82 Å². The summed E-state index contributed by atoms with van der Waals surface area (Å²) in [5.74, 6) is 1.44. The molecule has 0 amide bonds. The van der Waals surface area contributed by atoms with E-state index in [4.69, 9.17) is 4.98 Å². The van der Waals surface area contributed by atoms with E-state index < -0.39 is 11.7 Å². The van der Waals surface area contributed by atoms with Crippen LogP contribution >= 0.6 is 0 Å². The predicted molar refractivity (Wildman–Crippen MR) is 114 cm³/mol. The Balaban J connectivity index is 1.42. The summed E-state index contributed by atoms with van der Waals surface area (Å²) in [5.41, 5.74) is 2.15. The van der Waals surface area contributed by atoms with Crippen LogP contribution in [0.3, 0.4) is 0 Å². The second-order valence-corrected chi connectivity index (χ2v) is 8.13. The number of aromatic nitrogens is 3. The first-order chi connectivity index (χ1) is 14.9. The van der Waals surface area contributed by atoms with Crippen molar-refractivity contribution >= 4 is 0 Å². The lowest BCUT2D eigenvalue weighted by Gasteiger charge is -2.32. The van der Waals surface area contributed by atoms with Crippen molar-refractivity contribution in [2.75, 3.05) is 13.1 Å². The maximum atomic E-state index is 12.8. The molecule has 2 aromatic heterocycles. The average molecular weight is 429 g/mol. The number of alkyl halides is 3. The van der Waals surface area contributed by atoms with Crippen molar-refractivity contribution in [3.63, 3.8) is 0 Å². The summed E-state index contributed by atoms with van der Waals surface area (Å²) in [4.78, 5) is 11.8. The molecule has 1 saturated heterocycles. The fourth-order valence-corrected chi connectivity index (χ4v) is 4.26. The Morgan fingerprint density at radius 2 is 1.90 bits per heavy atom. The molecule has 0 saturated carbocycles. The number of nitrogens with zero attached hydrogens (tertiary/aromatic N) is 4. The summed E-state index contributed by atoms with van der Waals surface area (Å²) in [6.07, 6.45) is 2.29. The molecule has 3 heterocycles. The maximum Gasteiger partial charge on any atom is 0.416 e. The van der Waals surface area contributed by atoms with E-state index in [1.807, 2.05) is 24.5 Å². The van der Waals surface area contributed by atoms with E-state index in [0.29, 0.717) is 12.3 Å². The van der Waals surface area contributed by atoms with Gasteiger partial charge in [-0.15, -0.1) is 0 Å². The van der Waals surface area contributed by atoms with E-state index in [9.17, 15) is 13.2 Å². The fraction of sp³-hybridized carbons (Fsp3) is 0.417. The van der Waals surface area contributed by atoms with Crippen LogP contribution in [0, 0.1) is 0 Å². The van der Waals surface area contributed by atoms with Gasteiger partial charge < -0.3 is 4.57 Å². The first-order valence-electron chi connectivity index (χ1n) is 10.8. The molecular weight excluding hydrogens is 401 g/mol. The first kappa shape index (κ1) is 21.6. The van der Waals surface area contributed by atoms with Gasteiger partial charge in [-0.05, 0) is 56.1 Å². The van der Waals surface area contributed by atoms with Gasteiger partial charge in [0.15, 0.2) is 0 Å². The van der Waals surface area contributed by atoms with Gasteiger partial charge in [-0.25, -0.2) is 4.98 Å². The topological polar surface area (TPSA) is 34.0 Å². The molecule has 1 aliphatic rings. The molecule has 4 rings (SSSR count). The van der Waals surface area contributed by atoms with Crippen molar-refractivity contribution in [3.05, 3.63) is 83.2 Å². The molecule has 1 aromatic carbocycles. The quantitative estimate of drug-likeness (QED) is 0.535. The lowest BCUT2D eigenvalue weighted by molar-refractivity contribution is -0.137. The highest BCUT2D eigenvalue weighted by Crippen LogP contribution is 2.30. The Hall–Kier alpha value is -2.67. The molecule has 0 radical (unpaired) electrons. The zero-order chi connectivity index (χ0) is 21.8. The van der Waals surface area contributed by atoms with E-state index in [2.05, 4.69) is 27.4 Å². The predicted octanol–water partition coefficient (Wildman–Crippen LogP) is 5.29. The van der Waals surface area contributed by atoms with Crippen LogP contribution in [0.4, 0.5) is 13.2 Å². The van der Waals surface area contributed by atoms with Crippen molar-refractivity contribution in [1.82, 2.24) is 19.4 Å². The van der Waals surface area contributed by atoms with Crippen molar-refractivity contribution in [3.8, 4) is 0 Å². The Morgan fingerprint density at radius 1 is 1.10 bits per heavy atom. The molecule has 1 unspecified atom stereocenters. The molecule has 1 atom stereocenters. The Bertz CT molecular complexity index is 995. The smallest absolute Gasteiger partial charge is 0.334 e. The van der Waals surface area contributed by atoms with Gasteiger partial charge >= 0.3 is 6.18 Å². The zero-order valence-electron chi connectivity index (χ0n) is 17.6. The minimum Gasteiger partial charge on any atom is -0.334 e. The third-order valence-electron chi connectivity index (χ3n) is 5.93. The molecule has 0 N–H and O–H groups in total. The number of hydrogen-bond donors (Lipinski definition) is 0. The van der Waals surface area contributed by atoms with Gasteiger partial charge in [-0.1, -0.05) is 18.2 Å². The maximum absolute atomic E-state index is 12.8. The third kappa shape index (κ3) is 5.34. The number of piperidine rings is 1. The van der Waals surface area contributed by atoms with Gasteiger partial charge in [0.05, 0.1) is 12.1 Å². The molecule has 164 valence electrons. The van der Waals surface area contributed by atoms with Gasteiger partial charge in [-0.2, -0.15) is 13.2 Å². The van der Waals surface area contributed by atoms with Gasteiger partial charge in [-0.3, -0.25) is 9.88 Å². The number of hydrogen-bond acceptors (Lipinski definition) is 3. The van der Waals surface area contributed by atoms with Crippen LogP contribution in [0.1, 0.15) is 54.0 Å². The van der Waals surface area contributed by atoms with Crippen LogP contribution in [0.2, 0.25) is 0 Å². The number of rotatable bonds is 6. The summed E-state index contributed by atoms with van der Waals surface area (Å²) in [6, 6.07) is 11.4. The first-order valence-corrected chi connectivity index (χ1v) is 10.8. The van der Waals surface area contributed by atoms with Crippen LogP contribution in [0.15, 0.2) is 54.9 Å². The molecule has 7 heteroatoms. The summed E-state index contributed by atoms with van der Waals surface area (Å²) in [7, 11) is 0. The van der Waals surface area contributed by atoms with Crippen LogP contribution in [0.5, 0.6) is 0 Å². The molecule has 0 bridgehead atoms. The summed E-state index contributed by atoms with van der Waals surface area (Å²) in [5, 5.41) is 0. The SMILES string of the molecule is CCn1ccnc1CN1CCCC(c2cccc(Cc3ccc(C(F)(F)F)cc3)n2)C1. The molecule has 1 fully saturated rings. The van der Waals surface area contributed by atoms with Crippen LogP contribution in [-0.4, -0.2) is 32.5 Å². The number of benzene rings is 1. The molecule has 0 aliphatic carbocycles. The fourth-order valence-electron chi connectivity index (χ4n) is 4.26. The Morgan fingerprint density at radius 3 is 2.65 bits per heavy atom. The van der Waals surface area contributed by atoms with E-state index in [1.54, 1.807) is 0 Å². The van der Waals surface area contributed by atoms with Crippen molar-refractivity contribution in [1.29, 1.82) is 0 Å². The molecule has 3 aromatic rings. The lowest BCUT2D eigenvalue weighted by atomic mass is 9.94. The molecule has 0 spiro atoms. The minimum absolute atomic E-state index is 0.353. The van der Waals surface area contributed by atoms with E-state index >= 15 is 0 Å². The monoisotopic (exact) mass is 428 g/mol. The van der Waals surface area contributed by atoms with Crippen molar-refractivity contribution < 1.29 is 13.2 Å². The van der Waals surface area contributed by atoms with Crippen molar-refractivity contribution in [2.24, 2.45) is 0 Å². The number of imidazole rings is 1. The minimum atomic E-state index is -4.31. The van der Waals surface area contributed by atoms with E-state index in [-0.39, 0.29) is 0 Å². The van der Waals surface area contributed by atoms with Crippen molar-refractivity contribution in [2.45, 2.75) is 51.4 Å². The van der Waals surface area contributed by atoms with E-state index in [1.165, 1.54) is 12.1 Å². The van der Waals surface area contributed by atoms with Gasteiger partial charge in [0.2, 0.25) is 0 Å². The summed E-state index contributed by atoms with van der Waals surface area (Å²) >= 11 is 0. The molecule has 4 nitrogen and oxygen atoms in total. The van der Waals surface area contributed by atoms with Crippen LogP contribution in [-0.2, 0) is 25.7 Å². The average Bonchev–Trinajstić information content (AvgIpc) is 3.21. The van der Waals surface area contributed by atoms with Gasteiger partial charge in [0, 0.05) is 49.2 Å². The normalized spacial score (nSPS) is 17.7. The summed E-state index contributed by atoms with van der Waals surface area (Å²) in [6.45, 7) is 5.87. The highest BCUT2D eigenvalue weighted by atomic mass is 19.4. The zero-order valence-corrected chi connectivity index (χ0v) is 17.6. The summed E-state index contributed by atoms with van der Waals surface area (Å²) < 4.78 is 40.5. The third-order valence-corrected chi connectivity index (χ3v) is 5.93. The second-order valence-electron chi connectivity index (χ2n) is 8.13. The second kappa shape index (κ2) is 9.22. The number of pyridine rings is 1. The van der Waals surface area contributed by atoms with Gasteiger partial charge in [0.25, 0.3) is 0 Å². The Labute approximate surface area is 180 Å². The van der Waals surface area contributed by atoms with Crippen LogP contribution in [0.25, 0.3) is 0 Å². The Kier molecular flexibility index (Phi) is 6.41. The molecule has 31 heavy (non-hydrogen) atoms. The highest BCUT2D eigenvalue weighted by Gasteiger charge is 2.30. The molecule has 1 aliphatic heterocycles. The standard InChI is InChI=1S/C24H27F3N4/c1-2-31-14-12-28-23(31)17-30-13-4-5-19(16-30)22-7-3-6-21(29-22)15-18-8-10-20(11-9-18)24(25,26)27/h3,6-12,14,19H,2,4-5,13,15-17H2,1H3. The number of aryl methyl sites for hydroxylation is 1. The highest BCUT2D eigenvalue weighted by molar-refractivity contribution is 5.28. The largest absolute Gasteiger partial charge is 0.416 e. The molecular formula is C24H27F3N4. The van der Waals surface area contributed by atoms with E-state index in [0.717, 1.165) is 73.9 Å².